The third-order valence-corrected chi connectivity index (χ3v) is 3.68. The van der Waals surface area contributed by atoms with Crippen molar-refractivity contribution in [3.8, 4) is 0 Å². The van der Waals surface area contributed by atoms with Crippen molar-refractivity contribution in [2.45, 2.75) is 33.9 Å². The quantitative estimate of drug-likeness (QED) is 0.812. The van der Waals surface area contributed by atoms with Gasteiger partial charge in [0.05, 0.1) is 0 Å². The Hall–Kier alpha value is -0.380. The van der Waals surface area contributed by atoms with Gasteiger partial charge in [0.1, 0.15) is 0 Å². The number of nitrogens with zero attached hydrogens (tertiary/aromatic N) is 1. The molecule has 0 atom stereocenters. The van der Waals surface area contributed by atoms with Gasteiger partial charge in [-0.05, 0) is 31.6 Å². The zero-order valence-corrected chi connectivity index (χ0v) is 10.2. The first-order valence-electron chi connectivity index (χ1n) is 5.21. The Morgan fingerprint density at radius 1 is 1.36 bits per heavy atom. The van der Waals surface area contributed by atoms with Gasteiger partial charge in [-0.2, -0.15) is 0 Å². The number of rotatable bonds is 5. The Morgan fingerprint density at radius 2 is 2.00 bits per heavy atom. The van der Waals surface area contributed by atoms with Gasteiger partial charge in [-0.3, -0.25) is 4.90 Å². The standard InChI is InChI=1S/C11H20N2S/c1-4-13(5-2)8-10-6-11(7-12)14-9(10)3/h6H,4-5,7-8,12H2,1-3H3. The van der Waals surface area contributed by atoms with Crippen LogP contribution < -0.4 is 5.73 Å². The van der Waals surface area contributed by atoms with Crippen LogP contribution in [0.25, 0.3) is 0 Å². The van der Waals surface area contributed by atoms with Gasteiger partial charge >= 0.3 is 0 Å². The largest absolute Gasteiger partial charge is 0.326 e. The predicted molar refractivity (Wildman–Crippen MR) is 63.6 cm³/mol. The Morgan fingerprint density at radius 3 is 2.43 bits per heavy atom. The van der Waals surface area contributed by atoms with Crippen molar-refractivity contribution in [2.24, 2.45) is 5.73 Å². The number of aryl methyl sites for hydroxylation is 1. The van der Waals surface area contributed by atoms with Gasteiger partial charge in [0.15, 0.2) is 0 Å². The molecule has 1 aromatic heterocycles. The van der Waals surface area contributed by atoms with E-state index in [2.05, 4.69) is 31.7 Å². The summed E-state index contributed by atoms with van der Waals surface area (Å²) in [6.45, 7) is 10.6. The molecule has 0 aliphatic heterocycles. The first kappa shape index (κ1) is 11.7. The van der Waals surface area contributed by atoms with E-state index in [9.17, 15) is 0 Å². The normalized spacial score (nSPS) is 11.2. The third-order valence-electron chi connectivity index (χ3n) is 2.56. The predicted octanol–water partition coefficient (Wildman–Crippen LogP) is 2.36. The molecule has 0 fully saturated rings. The lowest BCUT2D eigenvalue weighted by Crippen LogP contribution is -2.22. The highest BCUT2D eigenvalue weighted by molar-refractivity contribution is 7.12. The molecule has 0 aliphatic carbocycles. The first-order chi connectivity index (χ1) is 6.71. The lowest BCUT2D eigenvalue weighted by atomic mass is 10.2. The van der Waals surface area contributed by atoms with Gasteiger partial charge in [0, 0.05) is 22.8 Å². The van der Waals surface area contributed by atoms with E-state index < -0.39 is 0 Å². The van der Waals surface area contributed by atoms with Gasteiger partial charge in [-0.15, -0.1) is 11.3 Å². The molecule has 0 amide bonds. The molecule has 0 unspecified atom stereocenters. The van der Waals surface area contributed by atoms with Gasteiger partial charge in [-0.1, -0.05) is 13.8 Å². The van der Waals surface area contributed by atoms with Crippen molar-refractivity contribution in [1.29, 1.82) is 0 Å². The minimum atomic E-state index is 0.670. The van der Waals surface area contributed by atoms with Crippen molar-refractivity contribution in [3.63, 3.8) is 0 Å². The SMILES string of the molecule is CCN(CC)Cc1cc(CN)sc1C. The summed E-state index contributed by atoms with van der Waals surface area (Å²) in [4.78, 5) is 5.14. The Kier molecular flexibility index (Phi) is 4.58. The molecular formula is C11H20N2S. The molecule has 1 heterocycles. The number of hydrogen-bond acceptors (Lipinski definition) is 3. The van der Waals surface area contributed by atoms with Crippen molar-refractivity contribution in [1.82, 2.24) is 4.90 Å². The fourth-order valence-corrected chi connectivity index (χ4v) is 2.47. The Balaban J connectivity index is 2.69. The van der Waals surface area contributed by atoms with Crippen LogP contribution in [0.2, 0.25) is 0 Å². The van der Waals surface area contributed by atoms with Crippen molar-refractivity contribution in [3.05, 3.63) is 21.4 Å². The third kappa shape index (κ3) is 2.80. The maximum Gasteiger partial charge on any atom is 0.0274 e. The molecule has 0 aromatic carbocycles. The monoisotopic (exact) mass is 212 g/mol. The van der Waals surface area contributed by atoms with Crippen molar-refractivity contribution in [2.75, 3.05) is 13.1 Å². The maximum atomic E-state index is 5.62. The fraction of sp³-hybridized carbons (Fsp3) is 0.636. The summed E-state index contributed by atoms with van der Waals surface area (Å²) in [7, 11) is 0. The van der Waals surface area contributed by atoms with Crippen LogP contribution in [-0.2, 0) is 13.1 Å². The van der Waals surface area contributed by atoms with E-state index in [0.717, 1.165) is 19.6 Å². The summed E-state index contributed by atoms with van der Waals surface area (Å²) < 4.78 is 0. The summed E-state index contributed by atoms with van der Waals surface area (Å²) in [5, 5.41) is 0. The molecule has 2 N–H and O–H groups in total. The molecule has 0 radical (unpaired) electrons. The average Bonchev–Trinajstić information content (AvgIpc) is 2.56. The minimum Gasteiger partial charge on any atom is -0.326 e. The fourth-order valence-electron chi connectivity index (χ4n) is 1.53. The second-order valence-corrected chi connectivity index (χ2v) is 4.80. The van der Waals surface area contributed by atoms with Crippen LogP contribution in [0, 0.1) is 6.92 Å². The molecular weight excluding hydrogens is 192 g/mol. The van der Waals surface area contributed by atoms with Gasteiger partial charge < -0.3 is 5.73 Å². The molecule has 0 bridgehead atoms. The highest BCUT2D eigenvalue weighted by atomic mass is 32.1. The highest BCUT2D eigenvalue weighted by Crippen LogP contribution is 2.22. The molecule has 0 spiro atoms. The number of thiophene rings is 1. The van der Waals surface area contributed by atoms with E-state index in [1.54, 1.807) is 0 Å². The molecule has 1 aromatic rings. The smallest absolute Gasteiger partial charge is 0.0274 e. The summed E-state index contributed by atoms with van der Waals surface area (Å²) in [6.07, 6.45) is 0. The molecule has 80 valence electrons. The average molecular weight is 212 g/mol. The van der Waals surface area contributed by atoms with Gasteiger partial charge in [0.2, 0.25) is 0 Å². The molecule has 0 aliphatic rings. The molecule has 0 saturated carbocycles. The molecule has 3 heteroatoms. The van der Waals surface area contributed by atoms with Crippen molar-refractivity contribution >= 4 is 11.3 Å². The van der Waals surface area contributed by atoms with Crippen LogP contribution >= 0.6 is 11.3 Å². The zero-order valence-electron chi connectivity index (χ0n) is 9.34. The van der Waals surface area contributed by atoms with Crippen LogP contribution in [0.3, 0.4) is 0 Å². The van der Waals surface area contributed by atoms with Crippen LogP contribution in [0.1, 0.15) is 29.2 Å². The molecule has 1 rings (SSSR count). The maximum absolute atomic E-state index is 5.62. The topological polar surface area (TPSA) is 29.3 Å². The van der Waals surface area contributed by atoms with Crippen molar-refractivity contribution < 1.29 is 0 Å². The molecule has 14 heavy (non-hydrogen) atoms. The molecule has 0 saturated heterocycles. The summed E-state index contributed by atoms with van der Waals surface area (Å²) >= 11 is 1.83. The highest BCUT2D eigenvalue weighted by Gasteiger charge is 2.07. The lowest BCUT2D eigenvalue weighted by Gasteiger charge is -2.17. The van der Waals surface area contributed by atoms with Crippen LogP contribution in [0.15, 0.2) is 6.07 Å². The zero-order chi connectivity index (χ0) is 10.6. The van der Waals surface area contributed by atoms with Crippen LogP contribution in [0.4, 0.5) is 0 Å². The van der Waals surface area contributed by atoms with Gasteiger partial charge in [0.25, 0.3) is 0 Å². The lowest BCUT2D eigenvalue weighted by molar-refractivity contribution is 0.295. The van der Waals surface area contributed by atoms with E-state index in [0.29, 0.717) is 6.54 Å². The minimum absolute atomic E-state index is 0.670. The first-order valence-corrected chi connectivity index (χ1v) is 6.03. The van der Waals surface area contributed by atoms with E-state index >= 15 is 0 Å². The van der Waals surface area contributed by atoms with E-state index in [1.165, 1.54) is 15.3 Å². The van der Waals surface area contributed by atoms with E-state index in [-0.39, 0.29) is 0 Å². The van der Waals surface area contributed by atoms with Crippen LogP contribution in [0.5, 0.6) is 0 Å². The molecule has 2 nitrogen and oxygen atoms in total. The second kappa shape index (κ2) is 5.49. The van der Waals surface area contributed by atoms with E-state index in [4.69, 9.17) is 5.73 Å². The van der Waals surface area contributed by atoms with Gasteiger partial charge in [-0.25, -0.2) is 0 Å². The van der Waals surface area contributed by atoms with Crippen LogP contribution in [-0.4, -0.2) is 18.0 Å². The summed E-state index contributed by atoms with van der Waals surface area (Å²) in [6, 6.07) is 2.25. The summed E-state index contributed by atoms with van der Waals surface area (Å²) in [5.41, 5.74) is 7.07. The second-order valence-electron chi connectivity index (χ2n) is 3.46. The number of nitrogens with two attached hydrogens (primary N) is 1. The Bertz CT molecular complexity index is 277. The van der Waals surface area contributed by atoms with E-state index in [1.807, 2.05) is 11.3 Å². The summed E-state index contributed by atoms with van der Waals surface area (Å²) in [5.74, 6) is 0. The Labute approximate surface area is 90.7 Å². The number of hydrogen-bond donors (Lipinski definition) is 1.